The van der Waals surface area contributed by atoms with Gasteiger partial charge in [0.25, 0.3) is 0 Å². The lowest BCUT2D eigenvalue weighted by molar-refractivity contribution is 0.906. The van der Waals surface area contributed by atoms with Crippen LogP contribution in [0.1, 0.15) is 19.4 Å². The first kappa shape index (κ1) is 9.58. The molecule has 0 radical (unpaired) electrons. The van der Waals surface area contributed by atoms with E-state index in [1.54, 1.807) is 12.3 Å². The van der Waals surface area contributed by atoms with Crippen LogP contribution in [-0.4, -0.2) is 17.4 Å². The minimum Gasteiger partial charge on any atom is -0.308 e. The minimum atomic E-state index is 0.403. The maximum Gasteiger partial charge on any atom is 0.160 e. The number of nitrogens with one attached hydrogen (secondary N) is 1. The maximum atomic E-state index is 7.13. The van der Waals surface area contributed by atoms with Crippen LogP contribution in [-0.2, 0) is 0 Å². The third-order valence-electron chi connectivity index (χ3n) is 1.47. The SMILES string of the molecule is CC(C)/C=N\c1ncccc1C=N. The van der Waals surface area contributed by atoms with Crippen LogP contribution in [0.2, 0.25) is 0 Å². The largest absolute Gasteiger partial charge is 0.308 e. The zero-order valence-electron chi connectivity index (χ0n) is 7.86. The van der Waals surface area contributed by atoms with Gasteiger partial charge < -0.3 is 5.41 Å². The van der Waals surface area contributed by atoms with Crippen molar-refractivity contribution in [3.63, 3.8) is 0 Å². The van der Waals surface area contributed by atoms with Gasteiger partial charge in [0.15, 0.2) is 5.82 Å². The Morgan fingerprint density at radius 2 is 2.31 bits per heavy atom. The minimum absolute atomic E-state index is 0.403. The van der Waals surface area contributed by atoms with Gasteiger partial charge in [0.2, 0.25) is 0 Å². The molecule has 0 bridgehead atoms. The third-order valence-corrected chi connectivity index (χ3v) is 1.47. The van der Waals surface area contributed by atoms with Crippen molar-refractivity contribution in [1.29, 1.82) is 5.41 Å². The highest BCUT2D eigenvalue weighted by molar-refractivity contribution is 5.84. The molecule has 1 aromatic heterocycles. The Kier molecular flexibility index (Phi) is 3.31. The van der Waals surface area contributed by atoms with Crippen LogP contribution in [0, 0.1) is 11.3 Å². The molecule has 0 aliphatic rings. The Bertz CT molecular complexity index is 316. The highest BCUT2D eigenvalue weighted by atomic mass is 14.9. The Morgan fingerprint density at radius 3 is 2.92 bits per heavy atom. The number of hydrogen-bond acceptors (Lipinski definition) is 3. The van der Waals surface area contributed by atoms with E-state index in [1.807, 2.05) is 12.3 Å². The van der Waals surface area contributed by atoms with Crippen molar-refractivity contribution in [3.05, 3.63) is 23.9 Å². The molecule has 3 heteroatoms. The van der Waals surface area contributed by atoms with E-state index >= 15 is 0 Å². The van der Waals surface area contributed by atoms with Gasteiger partial charge in [0.1, 0.15) is 0 Å². The first-order valence-electron chi connectivity index (χ1n) is 4.23. The number of aromatic nitrogens is 1. The second-order valence-electron chi connectivity index (χ2n) is 3.08. The van der Waals surface area contributed by atoms with Gasteiger partial charge in [0, 0.05) is 24.2 Å². The summed E-state index contributed by atoms with van der Waals surface area (Å²) in [5.41, 5.74) is 0.749. The lowest BCUT2D eigenvalue weighted by atomic mass is 10.2. The summed E-state index contributed by atoms with van der Waals surface area (Å²) in [7, 11) is 0. The first-order valence-corrected chi connectivity index (χ1v) is 4.23. The Hall–Kier alpha value is -1.51. The van der Waals surface area contributed by atoms with Crippen molar-refractivity contribution in [2.45, 2.75) is 13.8 Å². The molecule has 1 heterocycles. The van der Waals surface area contributed by atoms with E-state index in [2.05, 4.69) is 23.8 Å². The summed E-state index contributed by atoms with van der Waals surface area (Å²) in [6, 6.07) is 3.63. The molecule has 0 aliphatic heterocycles. The van der Waals surface area contributed by atoms with Gasteiger partial charge in [-0.05, 0) is 18.1 Å². The second kappa shape index (κ2) is 4.50. The molecule has 0 amide bonds. The van der Waals surface area contributed by atoms with E-state index in [9.17, 15) is 0 Å². The van der Waals surface area contributed by atoms with E-state index < -0.39 is 0 Å². The number of pyridine rings is 1. The smallest absolute Gasteiger partial charge is 0.160 e. The molecule has 3 nitrogen and oxygen atoms in total. The van der Waals surface area contributed by atoms with Gasteiger partial charge in [-0.15, -0.1) is 0 Å². The zero-order chi connectivity index (χ0) is 9.68. The van der Waals surface area contributed by atoms with Crippen LogP contribution >= 0.6 is 0 Å². The van der Waals surface area contributed by atoms with Crippen LogP contribution in [0.15, 0.2) is 23.3 Å². The van der Waals surface area contributed by atoms with E-state index in [-0.39, 0.29) is 0 Å². The summed E-state index contributed by atoms with van der Waals surface area (Å²) >= 11 is 0. The third kappa shape index (κ3) is 2.78. The van der Waals surface area contributed by atoms with E-state index in [4.69, 9.17) is 5.41 Å². The lowest BCUT2D eigenvalue weighted by Gasteiger charge is -1.97. The van der Waals surface area contributed by atoms with Gasteiger partial charge >= 0.3 is 0 Å². The average Bonchev–Trinajstić information content (AvgIpc) is 2.15. The summed E-state index contributed by atoms with van der Waals surface area (Å²) in [6.07, 6.45) is 4.77. The van der Waals surface area contributed by atoms with Crippen molar-refractivity contribution in [2.75, 3.05) is 0 Å². The molecule has 0 fully saturated rings. The van der Waals surface area contributed by atoms with Crippen molar-refractivity contribution in [3.8, 4) is 0 Å². The Balaban J connectivity index is 2.93. The number of nitrogens with zero attached hydrogens (tertiary/aromatic N) is 2. The van der Waals surface area contributed by atoms with Crippen molar-refractivity contribution < 1.29 is 0 Å². The molecule has 0 saturated heterocycles. The summed E-state index contributed by atoms with van der Waals surface area (Å²) < 4.78 is 0. The topological polar surface area (TPSA) is 49.1 Å². The first-order chi connectivity index (χ1) is 6.24. The normalized spacial score (nSPS) is 11.0. The Morgan fingerprint density at radius 1 is 1.54 bits per heavy atom. The summed E-state index contributed by atoms with van der Waals surface area (Å²) in [6.45, 7) is 4.10. The van der Waals surface area contributed by atoms with Crippen LogP contribution in [0.4, 0.5) is 5.82 Å². The maximum absolute atomic E-state index is 7.13. The molecular weight excluding hydrogens is 162 g/mol. The quantitative estimate of drug-likeness (QED) is 0.705. The van der Waals surface area contributed by atoms with Crippen molar-refractivity contribution in [1.82, 2.24) is 4.98 Å². The number of hydrogen-bond donors (Lipinski definition) is 1. The van der Waals surface area contributed by atoms with Gasteiger partial charge in [-0.1, -0.05) is 13.8 Å². The fraction of sp³-hybridized carbons (Fsp3) is 0.300. The molecule has 0 unspecified atom stereocenters. The molecule has 68 valence electrons. The molecule has 1 N–H and O–H groups in total. The summed E-state index contributed by atoms with van der Waals surface area (Å²) in [5.74, 6) is 1.02. The summed E-state index contributed by atoms with van der Waals surface area (Å²) in [5, 5.41) is 7.13. The number of aliphatic imine (C=N–C) groups is 1. The van der Waals surface area contributed by atoms with Gasteiger partial charge in [-0.2, -0.15) is 0 Å². The molecule has 0 saturated carbocycles. The molecule has 0 aliphatic carbocycles. The molecule has 1 aromatic rings. The van der Waals surface area contributed by atoms with Crippen molar-refractivity contribution >= 4 is 18.2 Å². The predicted octanol–water partition coefficient (Wildman–Crippen LogP) is 2.44. The fourth-order valence-corrected chi connectivity index (χ4v) is 0.850. The second-order valence-corrected chi connectivity index (χ2v) is 3.08. The monoisotopic (exact) mass is 175 g/mol. The van der Waals surface area contributed by atoms with Gasteiger partial charge in [0.05, 0.1) is 0 Å². The standard InChI is InChI=1S/C10H13N3/c1-8(2)7-13-10-9(6-11)4-3-5-12-10/h3-8,11H,1-2H3/b11-6?,13-7-. The van der Waals surface area contributed by atoms with E-state index in [0.717, 1.165) is 5.56 Å². The van der Waals surface area contributed by atoms with E-state index in [1.165, 1.54) is 6.21 Å². The molecular formula is C10H13N3. The molecule has 0 spiro atoms. The van der Waals surface area contributed by atoms with Crippen LogP contribution in [0.5, 0.6) is 0 Å². The van der Waals surface area contributed by atoms with Crippen LogP contribution < -0.4 is 0 Å². The average molecular weight is 175 g/mol. The van der Waals surface area contributed by atoms with Gasteiger partial charge in [-0.25, -0.2) is 9.98 Å². The molecule has 0 aromatic carbocycles. The predicted molar refractivity (Wildman–Crippen MR) is 55.1 cm³/mol. The molecule has 1 rings (SSSR count). The highest BCUT2D eigenvalue weighted by Crippen LogP contribution is 2.12. The van der Waals surface area contributed by atoms with Gasteiger partial charge in [-0.3, -0.25) is 0 Å². The molecule has 0 atom stereocenters. The summed E-state index contributed by atoms with van der Waals surface area (Å²) in [4.78, 5) is 8.26. The van der Waals surface area contributed by atoms with Crippen LogP contribution in [0.3, 0.4) is 0 Å². The molecule has 13 heavy (non-hydrogen) atoms. The van der Waals surface area contributed by atoms with E-state index in [0.29, 0.717) is 11.7 Å². The van der Waals surface area contributed by atoms with Crippen LogP contribution in [0.25, 0.3) is 0 Å². The fourth-order valence-electron chi connectivity index (χ4n) is 0.850. The zero-order valence-corrected chi connectivity index (χ0v) is 7.86. The van der Waals surface area contributed by atoms with Crippen molar-refractivity contribution in [2.24, 2.45) is 10.9 Å². The highest BCUT2D eigenvalue weighted by Gasteiger charge is 1.96. The number of rotatable bonds is 3. The lowest BCUT2D eigenvalue weighted by Crippen LogP contribution is -1.89. The Labute approximate surface area is 78.1 Å².